The van der Waals surface area contributed by atoms with E-state index in [1.165, 1.54) is 21.8 Å². The molecule has 48 heavy (non-hydrogen) atoms. The van der Waals surface area contributed by atoms with Gasteiger partial charge in [-0.05, 0) is 83.9 Å². The molecule has 0 aliphatic carbocycles. The summed E-state index contributed by atoms with van der Waals surface area (Å²) >= 11 is 0. The number of nitrogens with zero attached hydrogens (tertiary/aromatic N) is 4. The Morgan fingerprint density at radius 2 is 1.10 bits per heavy atom. The predicted octanol–water partition coefficient (Wildman–Crippen LogP) is 11.1. The molecule has 0 unspecified atom stereocenters. The molecule has 4 aromatic heterocycles. The molecule has 0 N–H and O–H groups in total. The number of furan rings is 1. The van der Waals surface area contributed by atoms with E-state index in [4.69, 9.17) is 9.40 Å². The van der Waals surface area contributed by atoms with Crippen molar-refractivity contribution in [3.8, 4) is 22.5 Å². The molecule has 0 spiro atoms. The Balaban J connectivity index is 1.13. The van der Waals surface area contributed by atoms with E-state index in [0.717, 1.165) is 72.3 Å². The Hall–Kier alpha value is -6.59. The summed E-state index contributed by atoms with van der Waals surface area (Å²) in [4.78, 5) is 5.09. The summed E-state index contributed by atoms with van der Waals surface area (Å²) < 4.78 is 13.4. The van der Waals surface area contributed by atoms with Gasteiger partial charge in [-0.25, -0.2) is 4.98 Å². The van der Waals surface area contributed by atoms with Crippen molar-refractivity contribution in [2.45, 2.75) is 0 Å². The van der Waals surface area contributed by atoms with Gasteiger partial charge in [-0.15, -0.1) is 0 Å². The lowest BCUT2D eigenvalue weighted by molar-refractivity contribution is 0.669. The summed E-state index contributed by atoms with van der Waals surface area (Å²) in [6.45, 7) is 0. The highest BCUT2D eigenvalue weighted by Gasteiger charge is 2.19. The topological polar surface area (TPSA) is 40.3 Å². The molecule has 5 nitrogen and oxygen atoms in total. The van der Waals surface area contributed by atoms with Gasteiger partial charge in [0.2, 0.25) is 5.78 Å². The van der Waals surface area contributed by atoms with Gasteiger partial charge in [0.1, 0.15) is 11.2 Å². The first-order chi connectivity index (χ1) is 23.8. The van der Waals surface area contributed by atoms with Crippen molar-refractivity contribution in [3.63, 3.8) is 0 Å². The fraction of sp³-hybridized carbons (Fsp3) is 0. The molecule has 0 aliphatic rings. The summed E-state index contributed by atoms with van der Waals surface area (Å²) in [6.07, 6.45) is 0. The van der Waals surface area contributed by atoms with E-state index in [1.54, 1.807) is 0 Å². The van der Waals surface area contributed by atoms with Crippen molar-refractivity contribution >= 4 is 71.6 Å². The highest BCUT2D eigenvalue weighted by molar-refractivity contribution is 6.14. The summed E-state index contributed by atoms with van der Waals surface area (Å²) in [5.41, 5.74) is 12.9. The van der Waals surface area contributed by atoms with Gasteiger partial charge in [-0.3, -0.25) is 8.97 Å². The van der Waals surface area contributed by atoms with Crippen LogP contribution >= 0.6 is 0 Å². The van der Waals surface area contributed by atoms with Gasteiger partial charge in [0.25, 0.3) is 0 Å². The van der Waals surface area contributed by atoms with Gasteiger partial charge < -0.3 is 8.98 Å². The maximum absolute atomic E-state index is 6.49. The van der Waals surface area contributed by atoms with Crippen molar-refractivity contribution in [2.24, 2.45) is 0 Å². The van der Waals surface area contributed by atoms with E-state index >= 15 is 0 Å². The second-order valence-corrected chi connectivity index (χ2v) is 12.4. The van der Waals surface area contributed by atoms with Crippen LogP contribution < -0.4 is 0 Å². The van der Waals surface area contributed by atoms with Crippen LogP contribution in [-0.4, -0.2) is 18.5 Å². The Morgan fingerprint density at radius 1 is 0.438 bits per heavy atom. The fourth-order valence-corrected chi connectivity index (χ4v) is 7.79. The smallest absolute Gasteiger partial charge is 0.220 e. The summed E-state index contributed by atoms with van der Waals surface area (Å²) in [5.74, 6) is 0.904. The molecule has 0 radical (unpaired) electrons. The first-order valence-electron chi connectivity index (χ1n) is 16.2. The SMILES string of the molecule is c1cc(-c2ccc3oc4cccc(-n5c6ccccc6c6ccccc65)c4c3c2)cc(-n2c3ccccc3n3c4ccccc4nc23)c1. The van der Waals surface area contributed by atoms with E-state index in [1.807, 2.05) is 6.07 Å². The average molecular weight is 615 g/mol. The van der Waals surface area contributed by atoms with Crippen molar-refractivity contribution in [3.05, 3.63) is 158 Å². The average Bonchev–Trinajstić information content (AvgIpc) is 3.88. The van der Waals surface area contributed by atoms with Crippen LogP contribution in [0.5, 0.6) is 0 Å². The van der Waals surface area contributed by atoms with E-state index < -0.39 is 0 Å². The van der Waals surface area contributed by atoms with E-state index in [2.05, 4.69) is 165 Å². The Labute approximate surface area is 274 Å². The zero-order valence-electron chi connectivity index (χ0n) is 25.7. The molecule has 11 rings (SSSR count). The lowest BCUT2D eigenvalue weighted by atomic mass is 10.0. The van der Waals surface area contributed by atoms with Crippen molar-refractivity contribution in [1.29, 1.82) is 0 Å². The number of hydrogen-bond acceptors (Lipinski definition) is 2. The maximum atomic E-state index is 6.49. The molecule has 0 amide bonds. The number of aromatic nitrogens is 4. The van der Waals surface area contributed by atoms with Gasteiger partial charge >= 0.3 is 0 Å². The van der Waals surface area contributed by atoms with Gasteiger partial charge in [0.15, 0.2) is 0 Å². The van der Waals surface area contributed by atoms with Crippen LogP contribution in [0.3, 0.4) is 0 Å². The molecule has 0 saturated heterocycles. The number of imidazole rings is 2. The van der Waals surface area contributed by atoms with Crippen molar-refractivity contribution in [1.82, 2.24) is 18.5 Å². The minimum atomic E-state index is 0.875. The first kappa shape index (κ1) is 25.6. The molecule has 0 atom stereocenters. The van der Waals surface area contributed by atoms with Crippen LogP contribution in [0.25, 0.3) is 94.1 Å². The maximum Gasteiger partial charge on any atom is 0.220 e. The molecule has 0 aliphatic heterocycles. The van der Waals surface area contributed by atoms with Crippen LogP contribution in [0.2, 0.25) is 0 Å². The number of rotatable bonds is 3. The summed E-state index contributed by atoms with van der Waals surface area (Å²) in [5, 5.41) is 4.69. The lowest BCUT2D eigenvalue weighted by Crippen LogP contribution is -1.95. The number of hydrogen-bond donors (Lipinski definition) is 0. The highest BCUT2D eigenvalue weighted by atomic mass is 16.3. The molecule has 7 aromatic carbocycles. The Kier molecular flexibility index (Phi) is 5.05. The number of para-hydroxylation sites is 6. The second kappa shape index (κ2) is 9.47. The van der Waals surface area contributed by atoms with Gasteiger partial charge in [-0.1, -0.05) is 84.9 Å². The van der Waals surface area contributed by atoms with Crippen LogP contribution in [0.15, 0.2) is 162 Å². The third-order valence-corrected chi connectivity index (χ3v) is 9.84. The molecule has 224 valence electrons. The monoisotopic (exact) mass is 614 g/mol. The summed E-state index contributed by atoms with van der Waals surface area (Å²) in [7, 11) is 0. The standard InChI is InChI=1S/C43H26N4O/c1-4-16-34-30(13-1)31-14-2-5-17-35(31)46(34)39-21-10-22-41-42(39)32-26-28(23-24-40(32)48-41)27-11-9-12-29(25-27)45-37-19-7-8-20-38(37)47-36-18-6-3-15-33(36)44-43(45)47/h1-26H. The minimum absolute atomic E-state index is 0.875. The van der Waals surface area contributed by atoms with E-state index in [-0.39, 0.29) is 0 Å². The largest absolute Gasteiger partial charge is 0.456 e. The molecule has 5 heteroatoms. The van der Waals surface area contributed by atoms with Crippen LogP contribution in [0, 0.1) is 0 Å². The molecular weight excluding hydrogens is 589 g/mol. The molecule has 4 heterocycles. The fourth-order valence-electron chi connectivity index (χ4n) is 7.79. The Bertz CT molecular complexity index is 3030. The zero-order valence-corrected chi connectivity index (χ0v) is 25.7. The van der Waals surface area contributed by atoms with Gasteiger partial charge in [0.05, 0.1) is 44.2 Å². The lowest BCUT2D eigenvalue weighted by Gasteiger charge is -2.10. The third kappa shape index (κ3) is 3.42. The second-order valence-electron chi connectivity index (χ2n) is 12.4. The number of fused-ring (bicyclic) bond motifs is 11. The van der Waals surface area contributed by atoms with Crippen LogP contribution in [0.1, 0.15) is 0 Å². The van der Waals surface area contributed by atoms with Gasteiger partial charge in [-0.2, -0.15) is 0 Å². The minimum Gasteiger partial charge on any atom is -0.456 e. The molecule has 0 saturated carbocycles. The normalized spacial score (nSPS) is 12.2. The van der Waals surface area contributed by atoms with Crippen LogP contribution in [0.4, 0.5) is 0 Å². The predicted molar refractivity (Wildman–Crippen MR) is 197 cm³/mol. The molecule has 0 bridgehead atoms. The Morgan fingerprint density at radius 3 is 1.92 bits per heavy atom. The van der Waals surface area contributed by atoms with E-state index in [0.29, 0.717) is 0 Å². The highest BCUT2D eigenvalue weighted by Crippen LogP contribution is 2.40. The first-order valence-corrected chi connectivity index (χ1v) is 16.2. The van der Waals surface area contributed by atoms with Crippen molar-refractivity contribution in [2.75, 3.05) is 0 Å². The van der Waals surface area contributed by atoms with E-state index in [9.17, 15) is 0 Å². The molecular formula is C43H26N4O. The summed E-state index contributed by atoms with van der Waals surface area (Å²) in [6, 6.07) is 55.8. The molecule has 0 fully saturated rings. The van der Waals surface area contributed by atoms with Crippen LogP contribution in [-0.2, 0) is 0 Å². The molecule has 11 aromatic rings. The van der Waals surface area contributed by atoms with Gasteiger partial charge in [0, 0.05) is 21.8 Å². The van der Waals surface area contributed by atoms with Crippen molar-refractivity contribution < 1.29 is 4.42 Å². The number of benzene rings is 7. The quantitative estimate of drug-likeness (QED) is 0.199. The third-order valence-electron chi connectivity index (χ3n) is 9.84. The zero-order chi connectivity index (χ0) is 31.3.